The summed E-state index contributed by atoms with van der Waals surface area (Å²) >= 11 is 0. The van der Waals surface area contributed by atoms with Crippen molar-refractivity contribution in [2.75, 3.05) is 0 Å². The fraction of sp³-hybridized carbons (Fsp3) is 1.00. The maximum absolute atomic E-state index is 11.2. The molecular weight excluding hydrogens is 212 g/mol. The van der Waals surface area contributed by atoms with Crippen LogP contribution in [0.25, 0.3) is 0 Å². The quantitative estimate of drug-likeness (QED) is 0.760. The summed E-state index contributed by atoms with van der Waals surface area (Å²) in [6.45, 7) is 10.6. The molecule has 0 bridgehead atoms. The SMILES string of the molecule is CC1CCCC(C2(O)CC(C)(C)OC2(C)C)C1. The molecule has 1 heterocycles. The first-order chi connectivity index (χ1) is 7.66. The van der Waals surface area contributed by atoms with Gasteiger partial charge in [0.25, 0.3) is 0 Å². The minimum Gasteiger partial charge on any atom is -0.386 e. The van der Waals surface area contributed by atoms with E-state index in [4.69, 9.17) is 4.74 Å². The van der Waals surface area contributed by atoms with Gasteiger partial charge in [0.2, 0.25) is 0 Å². The van der Waals surface area contributed by atoms with E-state index >= 15 is 0 Å². The zero-order valence-corrected chi connectivity index (χ0v) is 12.0. The van der Waals surface area contributed by atoms with Crippen LogP contribution in [0, 0.1) is 11.8 Å². The van der Waals surface area contributed by atoms with Crippen molar-refractivity contribution in [3.8, 4) is 0 Å². The lowest BCUT2D eigenvalue weighted by atomic mass is 9.66. The molecule has 1 N–H and O–H groups in total. The van der Waals surface area contributed by atoms with E-state index in [1.165, 1.54) is 12.8 Å². The topological polar surface area (TPSA) is 29.5 Å². The summed E-state index contributed by atoms with van der Waals surface area (Å²) in [5.41, 5.74) is -1.26. The lowest BCUT2D eigenvalue weighted by molar-refractivity contribution is -0.154. The van der Waals surface area contributed by atoms with Crippen molar-refractivity contribution in [1.29, 1.82) is 0 Å². The van der Waals surface area contributed by atoms with Gasteiger partial charge in [-0.25, -0.2) is 0 Å². The Bertz CT molecular complexity index is 295. The van der Waals surface area contributed by atoms with E-state index in [0.29, 0.717) is 5.92 Å². The molecule has 2 heteroatoms. The monoisotopic (exact) mass is 240 g/mol. The minimum absolute atomic E-state index is 0.196. The summed E-state index contributed by atoms with van der Waals surface area (Å²) in [5, 5.41) is 11.2. The van der Waals surface area contributed by atoms with Crippen LogP contribution in [0.4, 0.5) is 0 Å². The second kappa shape index (κ2) is 3.96. The fourth-order valence-electron chi connectivity index (χ4n) is 4.18. The van der Waals surface area contributed by atoms with Crippen molar-refractivity contribution in [3.63, 3.8) is 0 Å². The zero-order valence-electron chi connectivity index (χ0n) is 12.0. The Morgan fingerprint density at radius 1 is 1.12 bits per heavy atom. The average molecular weight is 240 g/mol. The van der Waals surface area contributed by atoms with Gasteiger partial charge in [-0.2, -0.15) is 0 Å². The summed E-state index contributed by atoms with van der Waals surface area (Å²) in [6, 6.07) is 0. The Hall–Kier alpha value is -0.0800. The van der Waals surface area contributed by atoms with E-state index in [-0.39, 0.29) is 5.60 Å². The summed E-state index contributed by atoms with van der Waals surface area (Å²) in [5.74, 6) is 1.15. The lowest BCUT2D eigenvalue weighted by Gasteiger charge is -2.44. The third-order valence-corrected chi connectivity index (χ3v) is 4.88. The molecule has 0 aromatic rings. The number of rotatable bonds is 1. The van der Waals surface area contributed by atoms with Crippen LogP contribution in [0.2, 0.25) is 0 Å². The second-order valence-electron chi connectivity index (χ2n) is 7.44. The van der Waals surface area contributed by atoms with Crippen molar-refractivity contribution < 1.29 is 9.84 Å². The number of hydrogen-bond acceptors (Lipinski definition) is 2. The van der Waals surface area contributed by atoms with Gasteiger partial charge in [-0.15, -0.1) is 0 Å². The first-order valence-electron chi connectivity index (χ1n) is 7.09. The molecule has 0 spiro atoms. The predicted octanol–water partition coefficient (Wildman–Crippen LogP) is 3.52. The van der Waals surface area contributed by atoms with Crippen molar-refractivity contribution in [2.45, 2.75) is 83.5 Å². The van der Waals surface area contributed by atoms with E-state index in [1.807, 2.05) is 0 Å². The second-order valence-corrected chi connectivity index (χ2v) is 7.44. The van der Waals surface area contributed by atoms with Gasteiger partial charge in [-0.3, -0.25) is 0 Å². The molecule has 1 saturated heterocycles. The van der Waals surface area contributed by atoms with Crippen LogP contribution in [0.1, 0.15) is 66.7 Å². The Labute approximate surface area is 106 Å². The van der Waals surface area contributed by atoms with Gasteiger partial charge in [-0.1, -0.05) is 19.8 Å². The van der Waals surface area contributed by atoms with E-state index in [0.717, 1.165) is 25.2 Å². The first-order valence-corrected chi connectivity index (χ1v) is 7.09. The molecule has 0 aromatic carbocycles. The largest absolute Gasteiger partial charge is 0.386 e. The molecule has 1 aliphatic heterocycles. The molecule has 3 unspecified atom stereocenters. The van der Waals surface area contributed by atoms with Crippen LogP contribution < -0.4 is 0 Å². The average Bonchev–Trinajstić information content (AvgIpc) is 2.31. The molecule has 1 saturated carbocycles. The minimum atomic E-state index is -0.648. The van der Waals surface area contributed by atoms with Crippen LogP contribution >= 0.6 is 0 Å². The van der Waals surface area contributed by atoms with Crippen molar-refractivity contribution >= 4 is 0 Å². The highest BCUT2D eigenvalue weighted by Crippen LogP contribution is 2.52. The first kappa shape index (κ1) is 13.4. The van der Waals surface area contributed by atoms with Gasteiger partial charge >= 0.3 is 0 Å². The van der Waals surface area contributed by atoms with Crippen molar-refractivity contribution in [3.05, 3.63) is 0 Å². The molecule has 17 heavy (non-hydrogen) atoms. The van der Waals surface area contributed by atoms with E-state index in [2.05, 4.69) is 34.6 Å². The van der Waals surface area contributed by atoms with Gasteiger partial charge in [-0.05, 0) is 52.4 Å². The standard InChI is InChI=1S/C15H28O2/c1-11-7-6-8-12(9-11)15(16)10-13(2,3)17-14(15,4)5/h11-12,16H,6-10H2,1-5H3. The summed E-state index contributed by atoms with van der Waals surface area (Å²) in [4.78, 5) is 0. The predicted molar refractivity (Wildman–Crippen MR) is 69.9 cm³/mol. The molecule has 0 aromatic heterocycles. The number of aliphatic hydroxyl groups is 1. The Kier molecular flexibility index (Phi) is 3.11. The van der Waals surface area contributed by atoms with Crippen LogP contribution in [0.3, 0.4) is 0 Å². The third-order valence-electron chi connectivity index (χ3n) is 4.88. The van der Waals surface area contributed by atoms with Crippen LogP contribution in [0.15, 0.2) is 0 Å². The van der Waals surface area contributed by atoms with Gasteiger partial charge in [0.15, 0.2) is 0 Å². The third kappa shape index (κ3) is 2.26. The maximum Gasteiger partial charge on any atom is 0.0986 e. The number of hydrogen-bond donors (Lipinski definition) is 1. The Balaban J connectivity index is 2.22. The lowest BCUT2D eigenvalue weighted by Crippen LogP contribution is -2.53. The molecule has 100 valence electrons. The van der Waals surface area contributed by atoms with Crippen molar-refractivity contribution in [2.24, 2.45) is 11.8 Å². The van der Waals surface area contributed by atoms with E-state index in [9.17, 15) is 5.11 Å². The molecule has 0 amide bonds. The highest BCUT2D eigenvalue weighted by molar-refractivity contribution is 5.09. The smallest absolute Gasteiger partial charge is 0.0986 e. The van der Waals surface area contributed by atoms with Crippen LogP contribution in [-0.4, -0.2) is 21.9 Å². The molecule has 1 aliphatic carbocycles. The van der Waals surface area contributed by atoms with Gasteiger partial charge in [0.05, 0.1) is 16.8 Å². The maximum atomic E-state index is 11.2. The summed E-state index contributed by atoms with van der Waals surface area (Å²) in [7, 11) is 0. The molecule has 2 fully saturated rings. The molecular formula is C15H28O2. The van der Waals surface area contributed by atoms with E-state index < -0.39 is 11.2 Å². The molecule has 3 atom stereocenters. The van der Waals surface area contributed by atoms with Gasteiger partial charge in [0, 0.05) is 6.42 Å². The fourth-order valence-corrected chi connectivity index (χ4v) is 4.18. The van der Waals surface area contributed by atoms with Crippen molar-refractivity contribution in [1.82, 2.24) is 0 Å². The molecule has 2 aliphatic rings. The van der Waals surface area contributed by atoms with Crippen LogP contribution in [-0.2, 0) is 4.74 Å². The zero-order chi connectivity index (χ0) is 12.9. The molecule has 2 rings (SSSR count). The highest BCUT2D eigenvalue weighted by Gasteiger charge is 2.59. The summed E-state index contributed by atoms with van der Waals surface area (Å²) in [6.07, 6.45) is 5.65. The highest BCUT2D eigenvalue weighted by atomic mass is 16.5. The number of ether oxygens (including phenoxy) is 1. The Morgan fingerprint density at radius 2 is 1.76 bits per heavy atom. The molecule has 2 nitrogen and oxygen atoms in total. The van der Waals surface area contributed by atoms with Gasteiger partial charge in [0.1, 0.15) is 0 Å². The van der Waals surface area contributed by atoms with Crippen LogP contribution in [0.5, 0.6) is 0 Å². The Morgan fingerprint density at radius 3 is 2.24 bits per heavy atom. The van der Waals surface area contributed by atoms with Gasteiger partial charge < -0.3 is 9.84 Å². The summed E-state index contributed by atoms with van der Waals surface area (Å²) < 4.78 is 6.09. The normalized spacial score (nSPS) is 44.8. The molecule has 0 radical (unpaired) electrons. The van der Waals surface area contributed by atoms with E-state index in [1.54, 1.807) is 0 Å².